The van der Waals surface area contributed by atoms with Crippen molar-refractivity contribution in [3.63, 3.8) is 0 Å². The van der Waals surface area contributed by atoms with E-state index in [1.54, 1.807) is 0 Å². The summed E-state index contributed by atoms with van der Waals surface area (Å²) in [5, 5.41) is 2.81. The molecule has 0 saturated carbocycles. The molecule has 1 N–H and O–H groups in total. The van der Waals surface area contributed by atoms with Crippen molar-refractivity contribution in [2.75, 3.05) is 5.32 Å². The molecule has 0 spiro atoms. The largest absolute Gasteiger partial charge is 0.495 e. The van der Waals surface area contributed by atoms with Crippen molar-refractivity contribution >= 4 is 29.9 Å². The Kier molecular flexibility index (Phi) is 6.09. The molecule has 3 rings (SSSR count). The van der Waals surface area contributed by atoms with E-state index in [1.807, 2.05) is 97.0 Å². The number of rotatable bonds is 4. The molecule has 1 amide bonds. The molecule has 0 unspecified atom stereocenters. The second kappa shape index (κ2) is 8.17. The maximum absolute atomic E-state index is 12.3. The molecule has 2 aromatic rings. The van der Waals surface area contributed by atoms with Gasteiger partial charge in [0.15, 0.2) is 0 Å². The zero-order chi connectivity index (χ0) is 23.0. The van der Waals surface area contributed by atoms with Crippen LogP contribution in [0.25, 0.3) is 5.57 Å². The third kappa shape index (κ3) is 5.20. The molecule has 1 aliphatic heterocycles. The number of hydrogen-bond donors (Lipinski definition) is 1. The number of hydrogen-bond acceptors (Lipinski definition) is 4. The van der Waals surface area contributed by atoms with E-state index >= 15 is 0 Å². The van der Waals surface area contributed by atoms with Crippen molar-refractivity contribution < 1.29 is 18.8 Å². The number of benzene rings is 2. The van der Waals surface area contributed by atoms with E-state index in [1.165, 1.54) is 0 Å². The number of anilines is 1. The SMILES string of the molecule is C=C(c1ccccc1)c1cc(NC(=O)OC(C)(C)C)ccc1B1OC(C)(C)C(C)(C)O1. The molecule has 6 heteroatoms. The second-order valence-corrected chi connectivity index (χ2v) is 9.86. The summed E-state index contributed by atoms with van der Waals surface area (Å²) < 4.78 is 18.0. The first-order valence-corrected chi connectivity index (χ1v) is 10.5. The van der Waals surface area contributed by atoms with Crippen LogP contribution in [0.5, 0.6) is 0 Å². The van der Waals surface area contributed by atoms with E-state index in [4.69, 9.17) is 14.0 Å². The topological polar surface area (TPSA) is 56.8 Å². The Labute approximate surface area is 185 Å². The molecule has 1 saturated heterocycles. The van der Waals surface area contributed by atoms with Gasteiger partial charge in [-0.1, -0.05) is 43.0 Å². The minimum atomic E-state index is -0.580. The van der Waals surface area contributed by atoms with Crippen LogP contribution in [0.4, 0.5) is 10.5 Å². The van der Waals surface area contributed by atoms with Crippen LogP contribution in [0.1, 0.15) is 59.6 Å². The zero-order valence-electron chi connectivity index (χ0n) is 19.5. The summed E-state index contributed by atoms with van der Waals surface area (Å²) >= 11 is 0. The summed E-state index contributed by atoms with van der Waals surface area (Å²) in [4.78, 5) is 12.3. The summed E-state index contributed by atoms with van der Waals surface area (Å²) in [6.45, 7) is 17.9. The predicted molar refractivity (Wildman–Crippen MR) is 127 cm³/mol. The van der Waals surface area contributed by atoms with Gasteiger partial charge in [-0.3, -0.25) is 5.32 Å². The van der Waals surface area contributed by atoms with E-state index < -0.39 is 30.0 Å². The first-order valence-electron chi connectivity index (χ1n) is 10.5. The molecular weight excluding hydrogens is 389 g/mol. The van der Waals surface area contributed by atoms with Gasteiger partial charge in [0.05, 0.1) is 11.2 Å². The van der Waals surface area contributed by atoms with Gasteiger partial charge in [-0.25, -0.2) is 4.79 Å². The minimum absolute atomic E-state index is 0.462. The number of nitrogens with one attached hydrogen (secondary N) is 1. The van der Waals surface area contributed by atoms with E-state index in [0.717, 1.165) is 22.2 Å². The van der Waals surface area contributed by atoms with Gasteiger partial charge in [-0.15, -0.1) is 0 Å². The van der Waals surface area contributed by atoms with Crippen molar-refractivity contribution in [3.05, 3.63) is 66.2 Å². The number of ether oxygens (including phenoxy) is 1. The van der Waals surface area contributed by atoms with E-state index in [0.29, 0.717) is 5.69 Å². The number of carbonyl (C=O) groups excluding carboxylic acids is 1. The molecule has 31 heavy (non-hydrogen) atoms. The monoisotopic (exact) mass is 421 g/mol. The van der Waals surface area contributed by atoms with Gasteiger partial charge < -0.3 is 14.0 Å². The van der Waals surface area contributed by atoms with Crippen LogP contribution in [0.15, 0.2) is 55.1 Å². The molecule has 2 aromatic carbocycles. The number of carbonyl (C=O) groups is 1. The highest BCUT2D eigenvalue weighted by Crippen LogP contribution is 2.37. The van der Waals surface area contributed by atoms with Gasteiger partial charge in [-0.05, 0) is 82.8 Å². The van der Waals surface area contributed by atoms with Gasteiger partial charge in [-0.2, -0.15) is 0 Å². The highest BCUT2D eigenvalue weighted by molar-refractivity contribution is 6.63. The first kappa shape index (κ1) is 23.1. The summed E-state index contributed by atoms with van der Waals surface area (Å²) in [6, 6.07) is 15.5. The van der Waals surface area contributed by atoms with Crippen molar-refractivity contribution in [3.8, 4) is 0 Å². The van der Waals surface area contributed by atoms with Crippen LogP contribution < -0.4 is 10.8 Å². The molecule has 0 radical (unpaired) electrons. The van der Waals surface area contributed by atoms with E-state index in [9.17, 15) is 4.79 Å². The fourth-order valence-electron chi connectivity index (χ4n) is 3.29. The maximum Gasteiger partial charge on any atom is 0.495 e. The lowest BCUT2D eigenvalue weighted by molar-refractivity contribution is 0.00578. The van der Waals surface area contributed by atoms with E-state index in [2.05, 4.69) is 11.9 Å². The van der Waals surface area contributed by atoms with E-state index in [-0.39, 0.29) is 0 Å². The van der Waals surface area contributed by atoms with Gasteiger partial charge >= 0.3 is 13.2 Å². The standard InChI is InChI=1S/C25H32BNO4/c1-17(18-12-10-9-11-13-18)20-16-19(27-22(28)29-23(2,3)4)14-15-21(20)26-30-24(5,6)25(7,8)31-26/h9-16H,1H2,2-8H3,(H,27,28). The Bertz CT molecular complexity index is 961. The fraction of sp³-hybridized carbons (Fsp3) is 0.400. The van der Waals surface area contributed by atoms with Crippen LogP contribution in [-0.2, 0) is 14.0 Å². The van der Waals surface area contributed by atoms with Crippen LogP contribution in [0.3, 0.4) is 0 Å². The third-order valence-corrected chi connectivity index (χ3v) is 5.65. The Balaban J connectivity index is 1.99. The van der Waals surface area contributed by atoms with Gasteiger partial charge in [0.2, 0.25) is 0 Å². The first-order chi connectivity index (χ1) is 14.3. The summed E-state index contributed by atoms with van der Waals surface area (Å²) in [5.74, 6) is 0. The fourth-order valence-corrected chi connectivity index (χ4v) is 3.29. The molecular formula is C25H32BNO4. The Morgan fingerprint density at radius 3 is 2.13 bits per heavy atom. The Hall–Kier alpha value is -2.57. The lowest BCUT2D eigenvalue weighted by Gasteiger charge is -2.32. The average molecular weight is 421 g/mol. The average Bonchev–Trinajstić information content (AvgIpc) is 2.87. The van der Waals surface area contributed by atoms with Gasteiger partial charge in [0, 0.05) is 5.69 Å². The third-order valence-electron chi connectivity index (χ3n) is 5.65. The van der Waals surface area contributed by atoms with Crippen molar-refractivity contribution in [2.45, 2.75) is 65.3 Å². The lowest BCUT2D eigenvalue weighted by atomic mass is 9.73. The van der Waals surface area contributed by atoms with Crippen molar-refractivity contribution in [1.29, 1.82) is 0 Å². The molecule has 164 valence electrons. The quantitative estimate of drug-likeness (QED) is 0.673. The molecule has 5 nitrogen and oxygen atoms in total. The summed E-state index contributed by atoms with van der Waals surface area (Å²) in [7, 11) is -0.545. The molecule has 0 aromatic heterocycles. The van der Waals surface area contributed by atoms with Crippen LogP contribution >= 0.6 is 0 Å². The molecule has 0 atom stereocenters. The summed E-state index contributed by atoms with van der Waals surface area (Å²) in [5.41, 5.74) is 2.62. The molecule has 1 heterocycles. The molecule has 0 aliphatic carbocycles. The van der Waals surface area contributed by atoms with Crippen molar-refractivity contribution in [2.24, 2.45) is 0 Å². The molecule has 0 bridgehead atoms. The molecule has 1 fully saturated rings. The number of amides is 1. The minimum Gasteiger partial charge on any atom is -0.444 e. The smallest absolute Gasteiger partial charge is 0.444 e. The maximum atomic E-state index is 12.3. The van der Waals surface area contributed by atoms with Gasteiger partial charge in [0.1, 0.15) is 5.60 Å². The highest BCUT2D eigenvalue weighted by atomic mass is 16.7. The Morgan fingerprint density at radius 2 is 1.58 bits per heavy atom. The predicted octanol–water partition coefficient (Wildman–Crippen LogP) is 5.39. The van der Waals surface area contributed by atoms with Crippen LogP contribution in [0.2, 0.25) is 0 Å². The van der Waals surface area contributed by atoms with Crippen LogP contribution in [-0.4, -0.2) is 30.0 Å². The second-order valence-electron chi connectivity index (χ2n) is 9.86. The van der Waals surface area contributed by atoms with Crippen LogP contribution in [0, 0.1) is 0 Å². The molecule has 1 aliphatic rings. The van der Waals surface area contributed by atoms with Crippen molar-refractivity contribution in [1.82, 2.24) is 0 Å². The zero-order valence-corrected chi connectivity index (χ0v) is 19.5. The lowest BCUT2D eigenvalue weighted by Crippen LogP contribution is -2.41. The highest BCUT2D eigenvalue weighted by Gasteiger charge is 2.52. The summed E-state index contributed by atoms with van der Waals surface area (Å²) in [6.07, 6.45) is -0.507. The van der Waals surface area contributed by atoms with Gasteiger partial charge in [0.25, 0.3) is 0 Å². The Morgan fingerprint density at radius 1 is 1.00 bits per heavy atom. The normalized spacial score (nSPS) is 17.3.